The first-order valence-corrected chi connectivity index (χ1v) is 7.39. The van der Waals surface area contributed by atoms with Gasteiger partial charge in [0.25, 0.3) is 0 Å². The molecule has 2 bridgehead atoms. The van der Waals surface area contributed by atoms with Crippen LogP contribution in [-0.2, 0) is 0 Å². The molecule has 0 amide bonds. The van der Waals surface area contributed by atoms with Gasteiger partial charge in [-0.1, -0.05) is 25.9 Å². The largest absolute Gasteiger partial charge is 0.411 e. The van der Waals surface area contributed by atoms with Crippen molar-refractivity contribution in [1.82, 2.24) is 4.90 Å². The van der Waals surface area contributed by atoms with Crippen molar-refractivity contribution in [3.63, 3.8) is 0 Å². The van der Waals surface area contributed by atoms with E-state index in [1.54, 1.807) is 0 Å². The van der Waals surface area contributed by atoms with Crippen molar-refractivity contribution >= 4 is 5.71 Å². The Bertz CT molecular complexity index is 377. The highest BCUT2D eigenvalue weighted by Crippen LogP contribution is 2.53. The van der Waals surface area contributed by atoms with Crippen LogP contribution in [0.4, 0.5) is 0 Å². The fourth-order valence-corrected chi connectivity index (χ4v) is 5.15. The van der Waals surface area contributed by atoms with Gasteiger partial charge in [0.15, 0.2) is 0 Å². The van der Waals surface area contributed by atoms with Crippen molar-refractivity contribution in [3.05, 3.63) is 0 Å². The van der Waals surface area contributed by atoms with Gasteiger partial charge in [-0.2, -0.15) is 0 Å². The molecule has 2 saturated carbocycles. The highest BCUT2D eigenvalue weighted by atomic mass is 16.4. The van der Waals surface area contributed by atoms with Crippen LogP contribution in [-0.4, -0.2) is 34.4 Å². The number of hydrogen-bond donors (Lipinski definition) is 1. The summed E-state index contributed by atoms with van der Waals surface area (Å²) in [7, 11) is 0. The van der Waals surface area contributed by atoms with Crippen LogP contribution >= 0.6 is 0 Å². The summed E-state index contributed by atoms with van der Waals surface area (Å²) in [6.45, 7) is 8.48. The molecule has 3 heteroatoms. The van der Waals surface area contributed by atoms with Crippen LogP contribution < -0.4 is 0 Å². The predicted molar refractivity (Wildman–Crippen MR) is 73.1 cm³/mol. The third-order valence-electron chi connectivity index (χ3n) is 5.28. The smallest absolute Gasteiger partial charge is 0.0742 e. The monoisotopic (exact) mass is 250 g/mol. The lowest BCUT2D eigenvalue weighted by Gasteiger charge is -2.40. The quantitative estimate of drug-likeness (QED) is 0.572. The van der Waals surface area contributed by atoms with Gasteiger partial charge in [-0.05, 0) is 49.4 Å². The SMILES string of the molecule is CC1(C)C[C@@H]2C[C@](C)(CN2[C@@H]2CCC/C2=N\O)C1. The van der Waals surface area contributed by atoms with E-state index >= 15 is 0 Å². The van der Waals surface area contributed by atoms with Crippen molar-refractivity contribution in [2.75, 3.05) is 6.54 Å². The summed E-state index contributed by atoms with van der Waals surface area (Å²) in [5.74, 6) is 0. The molecule has 0 radical (unpaired) electrons. The Morgan fingerprint density at radius 2 is 2.06 bits per heavy atom. The highest BCUT2D eigenvalue weighted by Gasteiger charge is 2.52. The summed E-state index contributed by atoms with van der Waals surface area (Å²) in [6, 6.07) is 1.13. The van der Waals surface area contributed by atoms with Gasteiger partial charge >= 0.3 is 0 Å². The molecule has 0 aromatic carbocycles. The van der Waals surface area contributed by atoms with E-state index in [2.05, 4.69) is 30.8 Å². The molecule has 3 nitrogen and oxygen atoms in total. The van der Waals surface area contributed by atoms with Crippen molar-refractivity contribution in [2.24, 2.45) is 16.0 Å². The van der Waals surface area contributed by atoms with E-state index in [-0.39, 0.29) is 0 Å². The molecule has 3 atom stereocenters. The second kappa shape index (κ2) is 3.96. The van der Waals surface area contributed by atoms with Gasteiger partial charge in [-0.15, -0.1) is 0 Å². The van der Waals surface area contributed by atoms with Crippen LogP contribution in [0, 0.1) is 10.8 Å². The van der Waals surface area contributed by atoms with E-state index in [0.717, 1.165) is 12.1 Å². The van der Waals surface area contributed by atoms with Crippen LogP contribution in [0.2, 0.25) is 0 Å². The lowest BCUT2D eigenvalue weighted by Crippen LogP contribution is -2.42. The Morgan fingerprint density at radius 1 is 1.28 bits per heavy atom. The fourth-order valence-electron chi connectivity index (χ4n) is 5.15. The minimum absolute atomic E-state index is 0.427. The maximum Gasteiger partial charge on any atom is 0.0742 e. The molecule has 1 aliphatic heterocycles. The summed E-state index contributed by atoms with van der Waals surface area (Å²) < 4.78 is 0. The van der Waals surface area contributed by atoms with Gasteiger partial charge < -0.3 is 5.21 Å². The Balaban J connectivity index is 1.84. The van der Waals surface area contributed by atoms with Gasteiger partial charge in [-0.3, -0.25) is 4.90 Å². The molecule has 18 heavy (non-hydrogen) atoms. The molecule has 3 rings (SSSR count). The molecule has 1 saturated heterocycles. The number of nitrogens with zero attached hydrogens (tertiary/aromatic N) is 2. The molecule has 1 heterocycles. The van der Waals surface area contributed by atoms with Crippen LogP contribution in [0.15, 0.2) is 5.16 Å². The van der Waals surface area contributed by atoms with Crippen molar-refractivity contribution in [3.8, 4) is 0 Å². The average Bonchev–Trinajstić information content (AvgIpc) is 2.78. The molecule has 0 aromatic rings. The minimum atomic E-state index is 0.427. The van der Waals surface area contributed by atoms with E-state index in [1.165, 1.54) is 38.6 Å². The zero-order valence-corrected chi connectivity index (χ0v) is 11.9. The molecular weight excluding hydrogens is 224 g/mol. The molecule has 0 aromatic heterocycles. The zero-order chi connectivity index (χ0) is 13.0. The van der Waals surface area contributed by atoms with E-state index in [1.807, 2.05) is 0 Å². The van der Waals surface area contributed by atoms with Gasteiger partial charge in [0.05, 0.1) is 11.8 Å². The predicted octanol–water partition coefficient (Wildman–Crippen LogP) is 3.27. The molecule has 2 aliphatic carbocycles. The van der Waals surface area contributed by atoms with E-state index in [0.29, 0.717) is 22.9 Å². The number of oxime groups is 1. The summed E-state index contributed by atoms with van der Waals surface area (Å²) in [4.78, 5) is 2.66. The van der Waals surface area contributed by atoms with Crippen molar-refractivity contribution in [1.29, 1.82) is 0 Å². The van der Waals surface area contributed by atoms with Crippen molar-refractivity contribution in [2.45, 2.75) is 71.4 Å². The second-order valence-corrected chi connectivity index (χ2v) is 7.89. The Kier molecular flexibility index (Phi) is 2.74. The first-order chi connectivity index (χ1) is 8.42. The topological polar surface area (TPSA) is 35.8 Å². The third-order valence-corrected chi connectivity index (χ3v) is 5.28. The first-order valence-electron chi connectivity index (χ1n) is 7.39. The zero-order valence-electron chi connectivity index (χ0n) is 11.9. The highest BCUT2D eigenvalue weighted by molar-refractivity contribution is 5.91. The number of likely N-dealkylation sites (tertiary alicyclic amines) is 1. The van der Waals surface area contributed by atoms with Crippen LogP contribution in [0.1, 0.15) is 59.3 Å². The normalized spacial score (nSPS) is 45.8. The molecular formula is C15H26N2O. The summed E-state index contributed by atoms with van der Waals surface area (Å²) >= 11 is 0. The van der Waals surface area contributed by atoms with Crippen molar-refractivity contribution < 1.29 is 5.21 Å². The molecule has 102 valence electrons. The minimum Gasteiger partial charge on any atom is -0.411 e. The summed E-state index contributed by atoms with van der Waals surface area (Å²) in [5.41, 5.74) is 1.99. The first kappa shape index (κ1) is 12.5. The van der Waals surface area contributed by atoms with E-state index in [4.69, 9.17) is 5.21 Å². The number of hydrogen-bond acceptors (Lipinski definition) is 3. The van der Waals surface area contributed by atoms with Crippen LogP contribution in [0.3, 0.4) is 0 Å². The average molecular weight is 250 g/mol. The van der Waals surface area contributed by atoms with Gasteiger partial charge in [0.1, 0.15) is 0 Å². The van der Waals surface area contributed by atoms with Gasteiger partial charge in [0.2, 0.25) is 0 Å². The number of rotatable bonds is 1. The molecule has 3 fully saturated rings. The molecule has 0 unspecified atom stereocenters. The second-order valence-electron chi connectivity index (χ2n) is 7.89. The maximum atomic E-state index is 9.17. The Hall–Kier alpha value is -0.570. The van der Waals surface area contributed by atoms with E-state index < -0.39 is 0 Å². The maximum absolute atomic E-state index is 9.17. The molecule has 1 N–H and O–H groups in total. The lowest BCUT2D eigenvalue weighted by molar-refractivity contribution is 0.124. The standard InChI is InChI=1S/C15H26N2O/c1-14(2)7-11-8-15(3,9-14)10-17(11)13-6-4-5-12(13)16-18/h11,13,18H,4-10H2,1-3H3/b16-12+/t11-,13-,15+/m1/s1. The molecule has 0 spiro atoms. The van der Waals surface area contributed by atoms with Gasteiger partial charge in [0, 0.05) is 12.6 Å². The number of fused-ring (bicyclic) bond motifs is 2. The summed E-state index contributed by atoms with van der Waals surface area (Å²) in [5, 5.41) is 12.7. The lowest BCUT2D eigenvalue weighted by atomic mass is 9.65. The van der Waals surface area contributed by atoms with Crippen LogP contribution in [0.25, 0.3) is 0 Å². The Labute approximate surface area is 110 Å². The van der Waals surface area contributed by atoms with E-state index in [9.17, 15) is 0 Å². The van der Waals surface area contributed by atoms with Gasteiger partial charge in [-0.25, -0.2) is 0 Å². The fraction of sp³-hybridized carbons (Fsp3) is 0.933. The van der Waals surface area contributed by atoms with Crippen LogP contribution in [0.5, 0.6) is 0 Å². The summed E-state index contributed by atoms with van der Waals surface area (Å²) in [6.07, 6.45) is 7.35. The Morgan fingerprint density at radius 3 is 2.78 bits per heavy atom. The molecule has 3 aliphatic rings. The third kappa shape index (κ3) is 1.97.